The van der Waals surface area contributed by atoms with Crippen LogP contribution < -0.4 is 20.9 Å². The van der Waals surface area contributed by atoms with Gasteiger partial charge in [-0.15, -0.1) is 0 Å². The van der Waals surface area contributed by atoms with Crippen LogP contribution in [0.2, 0.25) is 0 Å². The van der Waals surface area contributed by atoms with E-state index < -0.39 is 18.0 Å². The van der Waals surface area contributed by atoms with Gasteiger partial charge in [-0.05, 0) is 48.1 Å². The fraction of sp³-hybridized carbons (Fsp3) is 0.346. The van der Waals surface area contributed by atoms with Crippen LogP contribution in [0, 0.1) is 0 Å². The molecule has 3 aliphatic rings. The van der Waals surface area contributed by atoms with Crippen molar-refractivity contribution >= 4 is 35.3 Å². The van der Waals surface area contributed by atoms with Gasteiger partial charge in [0, 0.05) is 37.3 Å². The highest BCUT2D eigenvalue weighted by molar-refractivity contribution is 6.05. The molecule has 10 nitrogen and oxygen atoms in total. The van der Waals surface area contributed by atoms with Gasteiger partial charge in [0.15, 0.2) is 0 Å². The lowest BCUT2D eigenvalue weighted by molar-refractivity contribution is -0.137. The summed E-state index contributed by atoms with van der Waals surface area (Å²) in [5, 5.41) is 7.62. The number of carbonyl (C=O) groups is 5. The normalized spacial score (nSPS) is 18.9. The standard InChI is InChI=1S/C26H27N5O5/c32-22-10-9-21(24(34)29-22)31-15-18-8-7-16(12-19(18)25(31)35)13-27-26(36)28-14-23(33)30-11-3-5-17-4-1-2-6-20(17)30/h1-2,4,6-8,12,21H,3,5,9-11,13-15H2,(H2,27,28,36)(H,29,32,34). The van der Waals surface area contributed by atoms with Gasteiger partial charge in [-0.2, -0.15) is 0 Å². The number of imide groups is 1. The minimum atomic E-state index is -0.667. The molecule has 3 N–H and O–H groups in total. The molecule has 6 amide bonds. The number of rotatable bonds is 5. The van der Waals surface area contributed by atoms with Gasteiger partial charge in [0.05, 0.1) is 6.54 Å². The first-order valence-corrected chi connectivity index (χ1v) is 12.1. The molecule has 3 aliphatic heterocycles. The number of nitrogens with one attached hydrogen (secondary N) is 3. The first-order valence-electron chi connectivity index (χ1n) is 12.1. The average molecular weight is 490 g/mol. The van der Waals surface area contributed by atoms with Gasteiger partial charge in [-0.1, -0.05) is 30.3 Å². The summed E-state index contributed by atoms with van der Waals surface area (Å²) in [6.07, 6.45) is 2.32. The van der Waals surface area contributed by atoms with Gasteiger partial charge < -0.3 is 20.4 Å². The van der Waals surface area contributed by atoms with E-state index in [2.05, 4.69) is 16.0 Å². The maximum Gasteiger partial charge on any atom is 0.315 e. The van der Waals surface area contributed by atoms with Crippen LogP contribution in [0.4, 0.5) is 10.5 Å². The molecule has 3 heterocycles. The summed E-state index contributed by atoms with van der Waals surface area (Å²) in [5.41, 5.74) is 4.02. The minimum Gasteiger partial charge on any atom is -0.334 e. The van der Waals surface area contributed by atoms with E-state index in [1.807, 2.05) is 36.4 Å². The Morgan fingerprint density at radius 1 is 1.00 bits per heavy atom. The summed E-state index contributed by atoms with van der Waals surface area (Å²) in [7, 11) is 0. The molecule has 1 saturated heterocycles. The summed E-state index contributed by atoms with van der Waals surface area (Å²) in [6.45, 7) is 0.976. The Labute approximate surface area is 208 Å². The maximum absolute atomic E-state index is 12.9. The van der Waals surface area contributed by atoms with Gasteiger partial charge in [0.1, 0.15) is 6.04 Å². The van der Waals surface area contributed by atoms with Crippen LogP contribution in [-0.4, -0.2) is 53.7 Å². The van der Waals surface area contributed by atoms with Crippen LogP contribution in [0.5, 0.6) is 0 Å². The summed E-state index contributed by atoms with van der Waals surface area (Å²) in [4.78, 5) is 64.8. The lowest BCUT2D eigenvalue weighted by atomic mass is 10.0. The lowest BCUT2D eigenvalue weighted by Crippen LogP contribution is -2.52. The predicted molar refractivity (Wildman–Crippen MR) is 130 cm³/mol. The third kappa shape index (κ3) is 4.66. The molecule has 5 rings (SSSR count). The SMILES string of the molecule is O=C1CCC(N2Cc3ccc(CNC(=O)NCC(=O)N4CCCc5ccccc54)cc3C2=O)C(=O)N1. The van der Waals surface area contributed by atoms with Crippen molar-refractivity contribution in [2.75, 3.05) is 18.0 Å². The summed E-state index contributed by atoms with van der Waals surface area (Å²) in [6, 6.07) is 12.0. The van der Waals surface area contributed by atoms with E-state index in [1.54, 1.807) is 11.0 Å². The topological polar surface area (TPSA) is 128 Å². The zero-order chi connectivity index (χ0) is 25.2. The highest BCUT2D eigenvalue weighted by Crippen LogP contribution is 2.28. The molecule has 0 aromatic heterocycles. The van der Waals surface area contributed by atoms with Gasteiger partial charge >= 0.3 is 6.03 Å². The molecular weight excluding hydrogens is 462 g/mol. The van der Waals surface area contributed by atoms with Crippen molar-refractivity contribution in [2.45, 2.75) is 44.8 Å². The first kappa shape index (κ1) is 23.5. The maximum atomic E-state index is 12.9. The van der Waals surface area contributed by atoms with Crippen molar-refractivity contribution in [3.05, 3.63) is 64.7 Å². The Morgan fingerprint density at radius 2 is 1.83 bits per heavy atom. The smallest absolute Gasteiger partial charge is 0.315 e. The van der Waals surface area contributed by atoms with Crippen molar-refractivity contribution in [3.8, 4) is 0 Å². The molecule has 10 heteroatoms. The van der Waals surface area contributed by atoms with E-state index in [4.69, 9.17) is 0 Å². The molecule has 1 fully saturated rings. The quantitative estimate of drug-likeness (QED) is 0.545. The molecular formula is C26H27N5O5. The highest BCUT2D eigenvalue weighted by atomic mass is 16.2. The monoisotopic (exact) mass is 489 g/mol. The predicted octanol–water partition coefficient (Wildman–Crippen LogP) is 1.23. The number of hydrogen-bond acceptors (Lipinski definition) is 5. The Balaban J connectivity index is 1.14. The third-order valence-corrected chi connectivity index (χ3v) is 6.86. The highest BCUT2D eigenvalue weighted by Gasteiger charge is 2.39. The number of aryl methyl sites for hydroxylation is 1. The molecule has 1 unspecified atom stereocenters. The molecule has 0 saturated carbocycles. The summed E-state index contributed by atoms with van der Waals surface area (Å²) < 4.78 is 0. The number of nitrogens with zero attached hydrogens (tertiary/aromatic N) is 2. The number of fused-ring (bicyclic) bond motifs is 2. The zero-order valence-electron chi connectivity index (χ0n) is 19.7. The number of benzene rings is 2. The lowest BCUT2D eigenvalue weighted by Gasteiger charge is -2.29. The fourth-order valence-corrected chi connectivity index (χ4v) is 5.00. The molecule has 0 aliphatic carbocycles. The molecule has 2 aromatic rings. The van der Waals surface area contributed by atoms with Gasteiger partial charge in [0.25, 0.3) is 5.91 Å². The fourth-order valence-electron chi connectivity index (χ4n) is 5.00. The molecule has 186 valence electrons. The number of amides is 6. The summed E-state index contributed by atoms with van der Waals surface area (Å²) >= 11 is 0. The van der Waals surface area contributed by atoms with Crippen LogP contribution in [0.3, 0.4) is 0 Å². The molecule has 36 heavy (non-hydrogen) atoms. The zero-order valence-corrected chi connectivity index (χ0v) is 19.7. The first-order chi connectivity index (χ1) is 17.4. The Kier molecular flexibility index (Phi) is 6.41. The molecule has 1 atom stereocenters. The van der Waals surface area contributed by atoms with E-state index in [0.717, 1.165) is 35.2 Å². The average Bonchev–Trinajstić information content (AvgIpc) is 3.21. The third-order valence-electron chi connectivity index (χ3n) is 6.86. The Hall–Kier alpha value is -4.21. The number of hydrogen-bond donors (Lipinski definition) is 3. The van der Waals surface area contributed by atoms with Crippen LogP contribution in [0.1, 0.15) is 46.3 Å². The van der Waals surface area contributed by atoms with Crippen molar-refractivity contribution in [2.24, 2.45) is 0 Å². The number of carbonyl (C=O) groups excluding carboxylic acids is 5. The van der Waals surface area contributed by atoms with Crippen LogP contribution >= 0.6 is 0 Å². The second kappa shape index (κ2) is 9.80. The van der Waals surface area contributed by atoms with Gasteiger partial charge in [-0.3, -0.25) is 24.5 Å². The van der Waals surface area contributed by atoms with Crippen LogP contribution in [0.25, 0.3) is 0 Å². The van der Waals surface area contributed by atoms with Crippen molar-refractivity contribution in [3.63, 3.8) is 0 Å². The van der Waals surface area contributed by atoms with Crippen molar-refractivity contribution < 1.29 is 24.0 Å². The summed E-state index contributed by atoms with van der Waals surface area (Å²) in [5.74, 6) is -1.21. The van der Waals surface area contributed by atoms with E-state index >= 15 is 0 Å². The van der Waals surface area contributed by atoms with Gasteiger partial charge in [-0.25, -0.2) is 4.79 Å². The second-order valence-electron chi connectivity index (χ2n) is 9.21. The molecule has 2 aromatic carbocycles. The largest absolute Gasteiger partial charge is 0.334 e. The van der Waals surface area contributed by atoms with Crippen molar-refractivity contribution in [1.82, 2.24) is 20.9 Å². The Bertz CT molecular complexity index is 1260. The number of anilines is 1. The van der Waals surface area contributed by atoms with E-state index in [0.29, 0.717) is 25.1 Å². The van der Waals surface area contributed by atoms with Crippen molar-refractivity contribution in [1.29, 1.82) is 0 Å². The minimum absolute atomic E-state index is 0.121. The van der Waals surface area contributed by atoms with E-state index in [-0.39, 0.29) is 37.2 Å². The molecule has 0 bridgehead atoms. The van der Waals surface area contributed by atoms with Crippen LogP contribution in [0.15, 0.2) is 42.5 Å². The molecule has 0 radical (unpaired) electrons. The van der Waals surface area contributed by atoms with E-state index in [1.165, 1.54) is 4.90 Å². The number of para-hydroxylation sites is 1. The number of piperidine rings is 1. The van der Waals surface area contributed by atoms with Crippen LogP contribution in [-0.2, 0) is 33.9 Å². The van der Waals surface area contributed by atoms with E-state index in [9.17, 15) is 24.0 Å². The molecule has 0 spiro atoms. The Morgan fingerprint density at radius 3 is 2.67 bits per heavy atom. The van der Waals surface area contributed by atoms with Gasteiger partial charge in [0.2, 0.25) is 17.7 Å². The number of urea groups is 1. The second-order valence-corrected chi connectivity index (χ2v) is 9.21.